The maximum absolute atomic E-state index is 11.8. The Morgan fingerprint density at radius 3 is 2.29 bits per heavy atom. The second kappa shape index (κ2) is 7.14. The number of rotatable bonds is 6. The first-order chi connectivity index (χ1) is 7.76. The van der Waals surface area contributed by atoms with Crippen LogP contribution in [0.2, 0.25) is 0 Å². The molecule has 0 bridgehead atoms. The second-order valence-corrected chi connectivity index (χ2v) is 5.30. The minimum absolute atomic E-state index is 0.0639. The van der Waals surface area contributed by atoms with E-state index in [1.165, 1.54) is 0 Å². The first-order valence-corrected chi connectivity index (χ1v) is 6.01. The minimum atomic E-state index is -0.832. The van der Waals surface area contributed by atoms with Gasteiger partial charge >= 0.3 is 12.0 Å². The van der Waals surface area contributed by atoms with Crippen molar-refractivity contribution in [2.24, 2.45) is 5.41 Å². The van der Waals surface area contributed by atoms with Crippen LogP contribution in [0.15, 0.2) is 0 Å². The maximum Gasteiger partial charge on any atom is 0.317 e. The monoisotopic (exact) mass is 244 g/mol. The average Bonchev–Trinajstić information content (AvgIpc) is 2.19. The molecule has 0 aromatic carbocycles. The van der Waals surface area contributed by atoms with Crippen molar-refractivity contribution in [1.29, 1.82) is 0 Å². The molecule has 0 spiro atoms. The number of hydrogen-bond donors (Lipinski definition) is 2. The standard InChI is InChI=1S/C12H24N2O3/c1-5-14(9-12(2,3)4)11(17)13-8-6-7-10(15)16/h5-9H2,1-4H3,(H,13,17)(H,15,16). The van der Waals surface area contributed by atoms with E-state index in [0.717, 1.165) is 0 Å². The van der Waals surface area contributed by atoms with Gasteiger partial charge in [0.25, 0.3) is 0 Å². The van der Waals surface area contributed by atoms with Gasteiger partial charge in [0.05, 0.1) is 0 Å². The lowest BCUT2D eigenvalue weighted by Gasteiger charge is -2.29. The van der Waals surface area contributed by atoms with E-state index in [4.69, 9.17) is 5.11 Å². The van der Waals surface area contributed by atoms with E-state index in [0.29, 0.717) is 26.1 Å². The summed E-state index contributed by atoms with van der Waals surface area (Å²) in [6, 6.07) is -0.118. The Morgan fingerprint density at radius 1 is 1.29 bits per heavy atom. The summed E-state index contributed by atoms with van der Waals surface area (Å²) < 4.78 is 0. The lowest BCUT2D eigenvalue weighted by Crippen LogP contribution is -2.44. The molecule has 0 aliphatic rings. The Labute approximate surface area is 103 Å². The summed E-state index contributed by atoms with van der Waals surface area (Å²) in [5, 5.41) is 11.2. The number of aliphatic carboxylic acids is 1. The predicted molar refractivity (Wildman–Crippen MR) is 67.0 cm³/mol. The van der Waals surface area contributed by atoms with Crippen molar-refractivity contribution in [2.45, 2.75) is 40.5 Å². The van der Waals surface area contributed by atoms with Crippen LogP contribution in [-0.4, -0.2) is 41.6 Å². The van der Waals surface area contributed by atoms with Gasteiger partial charge in [-0.3, -0.25) is 4.79 Å². The van der Waals surface area contributed by atoms with Crippen molar-refractivity contribution in [2.75, 3.05) is 19.6 Å². The normalized spacial score (nSPS) is 11.1. The molecule has 0 saturated heterocycles. The Morgan fingerprint density at radius 2 is 1.88 bits per heavy atom. The quantitative estimate of drug-likeness (QED) is 0.701. The third kappa shape index (κ3) is 8.54. The van der Waals surface area contributed by atoms with Crippen molar-refractivity contribution in [3.8, 4) is 0 Å². The zero-order valence-corrected chi connectivity index (χ0v) is 11.2. The van der Waals surface area contributed by atoms with E-state index >= 15 is 0 Å². The molecule has 2 amide bonds. The first-order valence-electron chi connectivity index (χ1n) is 6.01. The summed E-state index contributed by atoms with van der Waals surface area (Å²) in [4.78, 5) is 23.8. The topological polar surface area (TPSA) is 69.6 Å². The number of carboxylic acid groups (broad SMARTS) is 1. The molecule has 0 aromatic rings. The van der Waals surface area contributed by atoms with Crippen LogP contribution in [0.25, 0.3) is 0 Å². The van der Waals surface area contributed by atoms with Gasteiger partial charge < -0.3 is 15.3 Å². The number of urea groups is 1. The third-order valence-electron chi connectivity index (χ3n) is 2.18. The molecule has 0 aromatic heterocycles. The summed E-state index contributed by atoms with van der Waals surface area (Å²) in [7, 11) is 0. The number of nitrogens with zero attached hydrogens (tertiary/aromatic N) is 1. The first kappa shape index (κ1) is 15.7. The van der Waals surface area contributed by atoms with Crippen molar-refractivity contribution in [3.63, 3.8) is 0 Å². The fourth-order valence-electron chi connectivity index (χ4n) is 1.45. The van der Waals surface area contributed by atoms with Gasteiger partial charge in [-0.25, -0.2) is 4.79 Å². The highest BCUT2D eigenvalue weighted by molar-refractivity contribution is 5.74. The van der Waals surface area contributed by atoms with Crippen LogP contribution in [0, 0.1) is 5.41 Å². The number of amides is 2. The van der Waals surface area contributed by atoms with E-state index in [-0.39, 0.29) is 17.9 Å². The molecule has 0 saturated carbocycles. The van der Waals surface area contributed by atoms with E-state index < -0.39 is 5.97 Å². The maximum atomic E-state index is 11.8. The van der Waals surface area contributed by atoms with E-state index in [9.17, 15) is 9.59 Å². The molecular formula is C12H24N2O3. The number of nitrogens with one attached hydrogen (secondary N) is 1. The predicted octanol–water partition coefficient (Wildman–Crippen LogP) is 1.93. The molecule has 0 rings (SSSR count). The van der Waals surface area contributed by atoms with Crippen LogP contribution in [0.1, 0.15) is 40.5 Å². The number of hydrogen-bond acceptors (Lipinski definition) is 2. The lowest BCUT2D eigenvalue weighted by atomic mass is 9.96. The molecule has 0 unspecified atom stereocenters. The van der Waals surface area contributed by atoms with Crippen molar-refractivity contribution in [3.05, 3.63) is 0 Å². The minimum Gasteiger partial charge on any atom is -0.481 e. The van der Waals surface area contributed by atoms with E-state index in [1.54, 1.807) is 4.90 Å². The van der Waals surface area contributed by atoms with Gasteiger partial charge in [-0.05, 0) is 18.8 Å². The molecule has 2 N–H and O–H groups in total. The molecule has 0 atom stereocenters. The van der Waals surface area contributed by atoms with Crippen LogP contribution in [-0.2, 0) is 4.79 Å². The third-order valence-corrected chi connectivity index (χ3v) is 2.18. The van der Waals surface area contributed by atoms with Gasteiger partial charge in [-0.2, -0.15) is 0 Å². The highest BCUT2D eigenvalue weighted by Crippen LogP contribution is 2.14. The van der Waals surface area contributed by atoms with Crippen molar-refractivity contribution >= 4 is 12.0 Å². The molecule has 17 heavy (non-hydrogen) atoms. The zero-order valence-electron chi connectivity index (χ0n) is 11.2. The van der Waals surface area contributed by atoms with Gasteiger partial charge in [0.1, 0.15) is 0 Å². The number of carbonyl (C=O) groups is 2. The molecular weight excluding hydrogens is 220 g/mol. The summed E-state index contributed by atoms with van der Waals surface area (Å²) in [5.74, 6) is -0.832. The van der Waals surface area contributed by atoms with Gasteiger partial charge in [0, 0.05) is 26.1 Å². The SMILES string of the molecule is CCN(CC(C)(C)C)C(=O)NCCCC(=O)O. The fraction of sp³-hybridized carbons (Fsp3) is 0.833. The van der Waals surface area contributed by atoms with Crippen LogP contribution in [0.4, 0.5) is 4.79 Å². The molecule has 0 heterocycles. The van der Waals surface area contributed by atoms with Gasteiger partial charge in [0.15, 0.2) is 0 Å². The van der Waals surface area contributed by atoms with Crippen LogP contribution in [0.3, 0.4) is 0 Å². The fourth-order valence-corrected chi connectivity index (χ4v) is 1.45. The second-order valence-electron chi connectivity index (χ2n) is 5.30. The summed E-state index contributed by atoms with van der Waals surface area (Å²) in [6.45, 7) is 9.92. The van der Waals surface area contributed by atoms with E-state index in [1.807, 2.05) is 6.92 Å². The van der Waals surface area contributed by atoms with Crippen molar-refractivity contribution in [1.82, 2.24) is 10.2 Å². The smallest absolute Gasteiger partial charge is 0.317 e. The molecule has 0 fully saturated rings. The summed E-state index contributed by atoms with van der Waals surface area (Å²) >= 11 is 0. The molecule has 0 radical (unpaired) electrons. The van der Waals surface area contributed by atoms with Crippen LogP contribution >= 0.6 is 0 Å². The number of carboxylic acids is 1. The van der Waals surface area contributed by atoms with Crippen molar-refractivity contribution < 1.29 is 14.7 Å². The Balaban J connectivity index is 3.97. The Bertz CT molecular complexity index is 259. The largest absolute Gasteiger partial charge is 0.481 e. The van der Waals surface area contributed by atoms with Gasteiger partial charge in [-0.15, -0.1) is 0 Å². The zero-order chi connectivity index (χ0) is 13.5. The van der Waals surface area contributed by atoms with Crippen LogP contribution < -0.4 is 5.32 Å². The summed E-state index contributed by atoms with van der Waals surface area (Å²) in [5.41, 5.74) is 0.0639. The average molecular weight is 244 g/mol. The van der Waals surface area contributed by atoms with Gasteiger partial charge in [-0.1, -0.05) is 20.8 Å². The highest BCUT2D eigenvalue weighted by atomic mass is 16.4. The number of carbonyl (C=O) groups excluding carboxylic acids is 1. The Hall–Kier alpha value is -1.26. The molecule has 0 aliphatic heterocycles. The van der Waals surface area contributed by atoms with Gasteiger partial charge in [0.2, 0.25) is 0 Å². The van der Waals surface area contributed by atoms with Crippen LogP contribution in [0.5, 0.6) is 0 Å². The lowest BCUT2D eigenvalue weighted by molar-refractivity contribution is -0.137. The summed E-state index contributed by atoms with van der Waals surface area (Å²) in [6.07, 6.45) is 0.555. The molecule has 0 aliphatic carbocycles. The molecule has 5 nitrogen and oxygen atoms in total. The van der Waals surface area contributed by atoms with E-state index in [2.05, 4.69) is 26.1 Å². The molecule has 100 valence electrons. The highest BCUT2D eigenvalue weighted by Gasteiger charge is 2.19. The molecule has 5 heteroatoms. The Kier molecular flexibility index (Phi) is 6.61.